The molecular formula is C16H11F2NO3S. The zero-order valence-electron chi connectivity index (χ0n) is 12.0. The van der Waals surface area contributed by atoms with Gasteiger partial charge in [-0.05, 0) is 42.5 Å². The molecule has 4 nitrogen and oxygen atoms in total. The van der Waals surface area contributed by atoms with Gasteiger partial charge in [-0.25, -0.2) is 17.2 Å². The van der Waals surface area contributed by atoms with E-state index in [9.17, 15) is 17.2 Å². The smallest absolute Gasteiger partial charge is 0.216 e. The molecule has 2 aromatic rings. The summed E-state index contributed by atoms with van der Waals surface area (Å²) in [5.41, 5.74) is -0.194. The molecule has 0 radical (unpaired) electrons. The Morgan fingerprint density at radius 1 is 1.17 bits per heavy atom. The molecule has 0 aromatic heterocycles. The van der Waals surface area contributed by atoms with Crippen LogP contribution in [-0.2, 0) is 9.84 Å². The molecule has 23 heavy (non-hydrogen) atoms. The lowest BCUT2D eigenvalue weighted by atomic mass is 10.2. The van der Waals surface area contributed by atoms with Crippen molar-refractivity contribution >= 4 is 15.9 Å². The van der Waals surface area contributed by atoms with E-state index < -0.39 is 26.4 Å². The van der Waals surface area contributed by atoms with Crippen LogP contribution in [0.2, 0.25) is 0 Å². The molecule has 0 fully saturated rings. The molecule has 0 aliphatic carbocycles. The second-order valence-electron chi connectivity index (χ2n) is 4.47. The van der Waals surface area contributed by atoms with E-state index in [1.165, 1.54) is 31.4 Å². The Morgan fingerprint density at radius 2 is 1.83 bits per heavy atom. The molecule has 0 aliphatic rings. The Hall–Kier alpha value is -2.72. The van der Waals surface area contributed by atoms with E-state index in [1.54, 1.807) is 6.07 Å². The van der Waals surface area contributed by atoms with Crippen LogP contribution in [0.4, 0.5) is 8.78 Å². The summed E-state index contributed by atoms with van der Waals surface area (Å²) in [4.78, 5) is -0.776. The predicted molar refractivity (Wildman–Crippen MR) is 80.1 cm³/mol. The molecule has 2 aromatic carbocycles. The Morgan fingerprint density at radius 3 is 2.35 bits per heavy atom. The monoisotopic (exact) mass is 335 g/mol. The van der Waals surface area contributed by atoms with Crippen molar-refractivity contribution in [3.05, 3.63) is 64.6 Å². The summed E-state index contributed by atoms with van der Waals surface area (Å²) in [6, 6.07) is 9.61. The number of methoxy groups -OCH3 is 1. The first kappa shape index (κ1) is 16.6. The molecule has 0 saturated heterocycles. The third-order valence-corrected chi connectivity index (χ3v) is 4.70. The number of benzene rings is 2. The molecule has 0 atom stereocenters. The second-order valence-corrected chi connectivity index (χ2v) is 6.38. The topological polar surface area (TPSA) is 67.2 Å². The van der Waals surface area contributed by atoms with Crippen molar-refractivity contribution in [1.82, 2.24) is 0 Å². The molecule has 0 saturated carbocycles. The van der Waals surface area contributed by atoms with Gasteiger partial charge in [0, 0.05) is 11.6 Å². The van der Waals surface area contributed by atoms with Crippen LogP contribution in [-0.4, -0.2) is 15.5 Å². The van der Waals surface area contributed by atoms with Crippen molar-refractivity contribution in [3.8, 4) is 11.8 Å². The molecule has 7 heteroatoms. The van der Waals surface area contributed by atoms with Crippen LogP contribution >= 0.6 is 0 Å². The van der Waals surface area contributed by atoms with Gasteiger partial charge in [-0.2, -0.15) is 5.26 Å². The van der Waals surface area contributed by atoms with Crippen LogP contribution in [0.15, 0.2) is 52.3 Å². The Kier molecular flexibility index (Phi) is 4.77. The highest BCUT2D eigenvalue weighted by molar-refractivity contribution is 7.95. The van der Waals surface area contributed by atoms with Crippen molar-refractivity contribution in [2.75, 3.05) is 7.11 Å². The third-order valence-electron chi connectivity index (χ3n) is 3.02. The first-order chi connectivity index (χ1) is 10.9. The van der Waals surface area contributed by atoms with Gasteiger partial charge in [-0.15, -0.1) is 0 Å². The van der Waals surface area contributed by atoms with Crippen LogP contribution in [0.5, 0.6) is 5.75 Å². The third kappa shape index (κ3) is 3.55. The highest BCUT2D eigenvalue weighted by Crippen LogP contribution is 2.24. The average Bonchev–Trinajstić information content (AvgIpc) is 2.54. The first-order valence-electron chi connectivity index (χ1n) is 6.34. The summed E-state index contributed by atoms with van der Waals surface area (Å²) < 4.78 is 56.3. The fourth-order valence-corrected chi connectivity index (χ4v) is 2.96. The average molecular weight is 335 g/mol. The van der Waals surface area contributed by atoms with Gasteiger partial charge in [0.15, 0.2) is 0 Å². The van der Waals surface area contributed by atoms with Gasteiger partial charge in [0.25, 0.3) is 0 Å². The number of hydrogen-bond donors (Lipinski definition) is 0. The largest absolute Gasteiger partial charge is 0.497 e. The normalized spacial score (nSPS) is 11.8. The van der Waals surface area contributed by atoms with Gasteiger partial charge >= 0.3 is 0 Å². The number of hydrogen-bond acceptors (Lipinski definition) is 4. The summed E-state index contributed by atoms with van der Waals surface area (Å²) in [7, 11) is -2.69. The minimum atomic E-state index is -4.12. The molecule has 0 aliphatic heterocycles. The molecular weight excluding hydrogens is 324 g/mol. The van der Waals surface area contributed by atoms with E-state index in [0.717, 1.165) is 18.2 Å². The molecule has 0 spiro atoms. The molecule has 0 N–H and O–H groups in total. The summed E-state index contributed by atoms with van der Waals surface area (Å²) in [5.74, 6) is -1.30. The van der Waals surface area contributed by atoms with Gasteiger partial charge in [-0.3, -0.25) is 0 Å². The van der Waals surface area contributed by atoms with E-state index in [1.807, 2.05) is 0 Å². The van der Waals surface area contributed by atoms with Gasteiger partial charge < -0.3 is 4.74 Å². The quantitative estimate of drug-likeness (QED) is 0.804. The summed E-state index contributed by atoms with van der Waals surface area (Å²) in [6.07, 6.45) is 0.869. The van der Waals surface area contributed by atoms with Gasteiger partial charge in [0.05, 0.1) is 12.0 Å². The number of ether oxygens (including phenoxy) is 1. The van der Waals surface area contributed by atoms with Crippen LogP contribution in [0.3, 0.4) is 0 Å². The summed E-state index contributed by atoms with van der Waals surface area (Å²) in [5, 5.41) is 9.11. The number of nitrogens with zero attached hydrogens (tertiary/aromatic N) is 1. The summed E-state index contributed by atoms with van der Waals surface area (Å²) in [6.45, 7) is 0. The number of rotatable bonds is 4. The predicted octanol–water partition coefficient (Wildman–Crippen LogP) is 3.31. The first-order valence-corrected chi connectivity index (χ1v) is 7.83. The molecule has 0 amide bonds. The van der Waals surface area contributed by atoms with E-state index >= 15 is 0 Å². The number of sulfone groups is 1. The highest BCUT2D eigenvalue weighted by Gasteiger charge is 2.21. The second kappa shape index (κ2) is 6.58. The molecule has 0 bridgehead atoms. The fraction of sp³-hybridized carbons (Fsp3) is 0.0625. The number of halogens is 2. The lowest BCUT2D eigenvalue weighted by Gasteiger charge is -2.05. The minimum absolute atomic E-state index is 0.131. The van der Waals surface area contributed by atoms with Crippen molar-refractivity contribution in [2.24, 2.45) is 0 Å². The SMILES string of the molecule is COc1ccc(S(=O)(=O)/C(C#N)=C/c2ccc(F)cc2F)cc1. The van der Waals surface area contributed by atoms with Crippen LogP contribution < -0.4 is 4.74 Å². The molecule has 0 heterocycles. The Labute approximate surface area is 132 Å². The zero-order chi connectivity index (χ0) is 17.0. The van der Waals surface area contributed by atoms with Gasteiger partial charge in [-0.1, -0.05) is 0 Å². The van der Waals surface area contributed by atoms with Crippen molar-refractivity contribution in [1.29, 1.82) is 5.26 Å². The maximum absolute atomic E-state index is 13.6. The standard InChI is InChI=1S/C16H11F2NO3S/c1-22-13-4-6-14(7-5-13)23(20,21)15(10-19)8-11-2-3-12(17)9-16(11)18/h2-9H,1H3/b15-8+. The van der Waals surface area contributed by atoms with Crippen LogP contribution in [0.1, 0.15) is 5.56 Å². The zero-order valence-corrected chi connectivity index (χ0v) is 12.8. The lowest BCUT2D eigenvalue weighted by molar-refractivity contribution is 0.414. The summed E-state index contributed by atoms with van der Waals surface area (Å²) >= 11 is 0. The minimum Gasteiger partial charge on any atom is -0.497 e. The lowest BCUT2D eigenvalue weighted by Crippen LogP contribution is -2.04. The molecule has 0 unspecified atom stereocenters. The highest BCUT2D eigenvalue weighted by atomic mass is 32.2. The van der Waals surface area contributed by atoms with E-state index in [0.29, 0.717) is 11.8 Å². The number of allylic oxidation sites excluding steroid dienone is 1. The van der Waals surface area contributed by atoms with Crippen molar-refractivity contribution in [3.63, 3.8) is 0 Å². The van der Waals surface area contributed by atoms with Crippen LogP contribution in [0.25, 0.3) is 6.08 Å². The maximum atomic E-state index is 13.6. The van der Waals surface area contributed by atoms with E-state index in [-0.39, 0.29) is 10.5 Å². The fourth-order valence-electron chi connectivity index (χ4n) is 1.81. The maximum Gasteiger partial charge on any atom is 0.216 e. The molecule has 118 valence electrons. The van der Waals surface area contributed by atoms with Gasteiger partial charge in [0.1, 0.15) is 28.4 Å². The number of nitriles is 1. The van der Waals surface area contributed by atoms with E-state index in [4.69, 9.17) is 10.00 Å². The van der Waals surface area contributed by atoms with Crippen molar-refractivity contribution in [2.45, 2.75) is 4.90 Å². The van der Waals surface area contributed by atoms with E-state index in [2.05, 4.69) is 0 Å². The Balaban J connectivity index is 2.50. The van der Waals surface area contributed by atoms with Gasteiger partial charge in [0.2, 0.25) is 9.84 Å². The van der Waals surface area contributed by atoms with Crippen LogP contribution in [0, 0.1) is 23.0 Å². The molecule has 2 rings (SSSR count). The Bertz CT molecular complexity index is 898. The van der Waals surface area contributed by atoms with Crippen molar-refractivity contribution < 1.29 is 21.9 Å².